The van der Waals surface area contributed by atoms with Gasteiger partial charge in [0, 0.05) is 32.8 Å². The molecule has 0 aromatic carbocycles. The predicted molar refractivity (Wildman–Crippen MR) is 108 cm³/mol. The molecule has 1 aliphatic heterocycles. The summed E-state index contributed by atoms with van der Waals surface area (Å²) in [6.45, 7) is 11.7. The Bertz CT molecular complexity index is 484. The second-order valence-corrected chi connectivity index (χ2v) is 8.44. The van der Waals surface area contributed by atoms with Crippen LogP contribution in [0.5, 0.6) is 0 Å². The van der Waals surface area contributed by atoms with Crippen molar-refractivity contribution in [3.8, 4) is 0 Å². The molecule has 0 radical (unpaired) electrons. The van der Waals surface area contributed by atoms with E-state index in [1.807, 2.05) is 20.8 Å². The maximum absolute atomic E-state index is 12.0. The van der Waals surface area contributed by atoms with E-state index >= 15 is 0 Å². The number of hydrogen-bond acceptors (Lipinski definition) is 4. The van der Waals surface area contributed by atoms with Gasteiger partial charge in [0.15, 0.2) is 5.96 Å². The van der Waals surface area contributed by atoms with Crippen molar-refractivity contribution in [3.63, 3.8) is 0 Å². The number of alkyl carbamates (subject to hydrolysis) is 1. The molecule has 156 valence electrons. The maximum atomic E-state index is 12.0. The summed E-state index contributed by atoms with van der Waals surface area (Å²) in [5.74, 6) is 0.923. The molecule has 1 heterocycles. The number of likely N-dealkylation sites (tertiary alicyclic amines) is 1. The first kappa shape index (κ1) is 21.8. The van der Waals surface area contributed by atoms with Gasteiger partial charge in [-0.3, -0.25) is 4.99 Å². The molecule has 0 aromatic heterocycles. The molecule has 2 fully saturated rings. The fourth-order valence-corrected chi connectivity index (χ4v) is 3.53. The Labute approximate surface area is 164 Å². The van der Waals surface area contributed by atoms with Crippen molar-refractivity contribution in [1.29, 1.82) is 0 Å². The number of aliphatic imine (C=N–C) groups is 1. The van der Waals surface area contributed by atoms with Gasteiger partial charge in [-0.2, -0.15) is 0 Å². The summed E-state index contributed by atoms with van der Waals surface area (Å²) in [6.07, 6.45) is 7.01. The Kier molecular flexibility index (Phi) is 8.67. The molecular formula is C20H38N4O3. The average Bonchev–Trinajstić information content (AvgIpc) is 3.23. The van der Waals surface area contributed by atoms with Gasteiger partial charge in [-0.1, -0.05) is 12.8 Å². The molecule has 0 bridgehead atoms. The van der Waals surface area contributed by atoms with Gasteiger partial charge >= 0.3 is 6.09 Å². The third kappa shape index (κ3) is 8.37. The molecule has 1 saturated carbocycles. The van der Waals surface area contributed by atoms with Crippen LogP contribution in [-0.4, -0.2) is 67.5 Å². The highest BCUT2D eigenvalue weighted by molar-refractivity contribution is 5.80. The summed E-state index contributed by atoms with van der Waals surface area (Å²) in [5.41, 5.74) is -0.473. The van der Waals surface area contributed by atoms with Crippen molar-refractivity contribution in [2.75, 3.05) is 32.8 Å². The second-order valence-electron chi connectivity index (χ2n) is 8.44. The fraction of sp³-hybridized carbons (Fsp3) is 0.900. The van der Waals surface area contributed by atoms with Crippen molar-refractivity contribution in [2.24, 2.45) is 4.99 Å². The van der Waals surface area contributed by atoms with E-state index in [0.29, 0.717) is 6.10 Å². The van der Waals surface area contributed by atoms with Crippen LogP contribution in [-0.2, 0) is 9.47 Å². The SMILES string of the molecule is CCNC(=NCCCOC1CCCC1)N1CCC(NC(=O)OC(C)(C)C)C1. The first-order valence-electron chi connectivity index (χ1n) is 10.5. The van der Waals surface area contributed by atoms with Gasteiger partial charge in [-0.25, -0.2) is 4.79 Å². The molecule has 1 unspecified atom stereocenters. The molecule has 2 N–H and O–H groups in total. The third-order valence-corrected chi connectivity index (χ3v) is 4.76. The first-order valence-corrected chi connectivity index (χ1v) is 10.5. The number of nitrogens with one attached hydrogen (secondary N) is 2. The van der Waals surface area contributed by atoms with E-state index in [4.69, 9.17) is 14.5 Å². The molecule has 27 heavy (non-hydrogen) atoms. The molecule has 1 amide bonds. The largest absolute Gasteiger partial charge is 0.444 e. The topological polar surface area (TPSA) is 75.2 Å². The number of rotatable bonds is 7. The molecule has 2 aliphatic rings. The predicted octanol–water partition coefficient (Wildman–Crippen LogP) is 2.90. The number of amides is 1. The van der Waals surface area contributed by atoms with Crippen molar-refractivity contribution in [1.82, 2.24) is 15.5 Å². The molecule has 7 nitrogen and oxygen atoms in total. The van der Waals surface area contributed by atoms with Gasteiger partial charge in [0.25, 0.3) is 0 Å². The molecule has 0 spiro atoms. The zero-order chi connectivity index (χ0) is 19.7. The van der Waals surface area contributed by atoms with Gasteiger partial charge in [0.05, 0.1) is 12.1 Å². The molecule has 7 heteroatoms. The summed E-state index contributed by atoms with van der Waals surface area (Å²) in [6, 6.07) is 0.0920. The van der Waals surface area contributed by atoms with Gasteiger partial charge < -0.3 is 25.0 Å². The van der Waals surface area contributed by atoms with Crippen molar-refractivity contribution in [2.45, 2.75) is 84.0 Å². The van der Waals surface area contributed by atoms with E-state index in [0.717, 1.165) is 51.6 Å². The fourth-order valence-electron chi connectivity index (χ4n) is 3.53. The lowest BCUT2D eigenvalue weighted by atomic mass is 10.2. The Morgan fingerprint density at radius 1 is 1.22 bits per heavy atom. The summed E-state index contributed by atoms with van der Waals surface area (Å²) >= 11 is 0. The highest BCUT2D eigenvalue weighted by Crippen LogP contribution is 2.20. The molecule has 1 aliphatic carbocycles. The number of guanidine groups is 1. The Morgan fingerprint density at radius 3 is 2.63 bits per heavy atom. The van der Waals surface area contributed by atoms with E-state index in [-0.39, 0.29) is 12.1 Å². The minimum Gasteiger partial charge on any atom is -0.444 e. The highest BCUT2D eigenvalue weighted by Gasteiger charge is 2.27. The Morgan fingerprint density at radius 2 is 1.96 bits per heavy atom. The smallest absolute Gasteiger partial charge is 0.407 e. The summed E-state index contributed by atoms with van der Waals surface area (Å²) in [7, 11) is 0. The average molecular weight is 383 g/mol. The van der Waals surface area contributed by atoms with Crippen LogP contribution in [0, 0.1) is 0 Å². The number of ether oxygens (including phenoxy) is 2. The van der Waals surface area contributed by atoms with Gasteiger partial charge in [0.1, 0.15) is 5.60 Å². The van der Waals surface area contributed by atoms with E-state index in [9.17, 15) is 4.79 Å². The normalized spacial score (nSPS) is 21.6. The second kappa shape index (κ2) is 10.7. The Hall–Kier alpha value is -1.50. The van der Waals surface area contributed by atoms with Crippen LogP contribution in [0.3, 0.4) is 0 Å². The van der Waals surface area contributed by atoms with Gasteiger partial charge in [-0.05, 0) is 53.4 Å². The van der Waals surface area contributed by atoms with Crippen LogP contribution < -0.4 is 10.6 Å². The van der Waals surface area contributed by atoms with E-state index in [2.05, 4.69) is 22.5 Å². The van der Waals surface area contributed by atoms with Crippen LogP contribution in [0.2, 0.25) is 0 Å². The highest BCUT2D eigenvalue weighted by atomic mass is 16.6. The van der Waals surface area contributed by atoms with Crippen LogP contribution in [0.15, 0.2) is 4.99 Å². The minimum atomic E-state index is -0.473. The quantitative estimate of drug-likeness (QED) is 0.402. The summed E-state index contributed by atoms with van der Waals surface area (Å²) < 4.78 is 11.3. The van der Waals surface area contributed by atoms with Crippen molar-refractivity contribution < 1.29 is 14.3 Å². The Balaban J connectivity index is 1.72. The molecular weight excluding hydrogens is 344 g/mol. The third-order valence-electron chi connectivity index (χ3n) is 4.76. The summed E-state index contributed by atoms with van der Waals surface area (Å²) in [5, 5.41) is 6.32. The van der Waals surface area contributed by atoms with Gasteiger partial charge in [0.2, 0.25) is 0 Å². The standard InChI is InChI=1S/C20H38N4O3/c1-5-21-18(22-12-8-14-26-17-9-6-7-10-17)24-13-11-16(15-24)23-19(25)27-20(2,3)4/h16-17H,5-15H2,1-4H3,(H,21,22)(H,23,25). The summed E-state index contributed by atoms with van der Waals surface area (Å²) in [4.78, 5) is 18.9. The van der Waals surface area contributed by atoms with E-state index in [1.165, 1.54) is 25.7 Å². The number of carbonyl (C=O) groups is 1. The lowest BCUT2D eigenvalue weighted by Gasteiger charge is -2.23. The van der Waals surface area contributed by atoms with Crippen LogP contribution in [0.25, 0.3) is 0 Å². The monoisotopic (exact) mass is 382 g/mol. The number of hydrogen-bond donors (Lipinski definition) is 2. The van der Waals surface area contributed by atoms with Crippen molar-refractivity contribution in [3.05, 3.63) is 0 Å². The van der Waals surface area contributed by atoms with Gasteiger partial charge in [-0.15, -0.1) is 0 Å². The lowest BCUT2D eigenvalue weighted by Crippen LogP contribution is -2.44. The minimum absolute atomic E-state index is 0.0920. The van der Waals surface area contributed by atoms with Crippen LogP contribution in [0.1, 0.15) is 66.2 Å². The molecule has 0 aromatic rings. The van der Waals surface area contributed by atoms with E-state index in [1.54, 1.807) is 0 Å². The van der Waals surface area contributed by atoms with Crippen LogP contribution in [0.4, 0.5) is 4.79 Å². The van der Waals surface area contributed by atoms with E-state index < -0.39 is 5.60 Å². The number of carbonyl (C=O) groups excluding carboxylic acids is 1. The maximum Gasteiger partial charge on any atom is 0.407 e. The first-order chi connectivity index (χ1) is 12.9. The van der Waals surface area contributed by atoms with Crippen LogP contribution >= 0.6 is 0 Å². The number of nitrogens with zero attached hydrogens (tertiary/aromatic N) is 2. The zero-order valence-corrected chi connectivity index (χ0v) is 17.6. The van der Waals surface area contributed by atoms with Crippen molar-refractivity contribution >= 4 is 12.1 Å². The molecule has 1 saturated heterocycles. The molecule has 1 atom stereocenters. The lowest BCUT2D eigenvalue weighted by molar-refractivity contribution is 0.0506. The zero-order valence-electron chi connectivity index (χ0n) is 17.6. The molecule has 2 rings (SSSR count).